The zero-order valence-corrected chi connectivity index (χ0v) is 13.2. The SMILES string of the molecule is CS(=O)(=O)c1ccc(NC(=O)c2ccc(F)c(Br)c2)cn1. The number of rotatable bonds is 3. The van der Waals surface area contributed by atoms with Crippen molar-refractivity contribution in [1.82, 2.24) is 4.98 Å². The average molecular weight is 373 g/mol. The molecule has 1 aromatic heterocycles. The number of amides is 1. The van der Waals surface area contributed by atoms with Crippen molar-refractivity contribution in [3.05, 3.63) is 52.4 Å². The van der Waals surface area contributed by atoms with Gasteiger partial charge in [-0.05, 0) is 46.3 Å². The first kappa shape index (κ1) is 15.6. The van der Waals surface area contributed by atoms with Crippen molar-refractivity contribution in [2.75, 3.05) is 11.6 Å². The van der Waals surface area contributed by atoms with Crippen LogP contribution in [0.5, 0.6) is 0 Å². The highest BCUT2D eigenvalue weighted by atomic mass is 79.9. The lowest BCUT2D eigenvalue weighted by Crippen LogP contribution is -2.12. The highest BCUT2D eigenvalue weighted by molar-refractivity contribution is 9.10. The number of pyridine rings is 1. The Morgan fingerprint density at radius 2 is 2.00 bits per heavy atom. The largest absolute Gasteiger partial charge is 0.321 e. The van der Waals surface area contributed by atoms with Crippen LogP contribution in [0.4, 0.5) is 10.1 Å². The molecular weight excluding hydrogens is 363 g/mol. The van der Waals surface area contributed by atoms with Gasteiger partial charge in [-0.25, -0.2) is 17.8 Å². The third-order valence-corrected chi connectivity index (χ3v) is 4.16. The average Bonchev–Trinajstić information content (AvgIpc) is 2.41. The van der Waals surface area contributed by atoms with Crippen LogP contribution in [-0.4, -0.2) is 25.6 Å². The molecule has 0 aliphatic rings. The molecule has 2 aromatic rings. The summed E-state index contributed by atoms with van der Waals surface area (Å²) in [6.07, 6.45) is 2.29. The van der Waals surface area contributed by atoms with Crippen LogP contribution in [0.1, 0.15) is 10.4 Å². The molecule has 0 atom stereocenters. The molecule has 0 unspecified atom stereocenters. The number of halogens is 2. The van der Waals surface area contributed by atoms with Crippen molar-refractivity contribution in [2.45, 2.75) is 5.03 Å². The predicted octanol–water partition coefficient (Wildman–Crippen LogP) is 2.64. The van der Waals surface area contributed by atoms with Gasteiger partial charge in [-0.3, -0.25) is 4.79 Å². The summed E-state index contributed by atoms with van der Waals surface area (Å²) in [6.45, 7) is 0. The lowest BCUT2D eigenvalue weighted by Gasteiger charge is -2.06. The Balaban J connectivity index is 2.18. The van der Waals surface area contributed by atoms with Crippen LogP contribution in [0.2, 0.25) is 0 Å². The van der Waals surface area contributed by atoms with E-state index in [0.717, 1.165) is 6.26 Å². The molecule has 8 heteroatoms. The molecule has 1 heterocycles. The molecule has 0 fully saturated rings. The third-order valence-electron chi connectivity index (χ3n) is 2.56. The van der Waals surface area contributed by atoms with Crippen molar-refractivity contribution in [2.24, 2.45) is 0 Å². The Morgan fingerprint density at radius 1 is 1.29 bits per heavy atom. The Bertz CT molecular complexity index is 792. The summed E-state index contributed by atoms with van der Waals surface area (Å²) in [4.78, 5) is 15.7. The standard InChI is InChI=1S/C13H10BrFN2O3S/c1-21(19,20)12-5-3-9(7-16-12)17-13(18)8-2-4-11(15)10(14)6-8/h2-7H,1H3,(H,17,18). The summed E-state index contributed by atoms with van der Waals surface area (Å²) >= 11 is 3.00. The van der Waals surface area contributed by atoms with Gasteiger partial charge < -0.3 is 5.32 Å². The minimum Gasteiger partial charge on any atom is -0.321 e. The van der Waals surface area contributed by atoms with Gasteiger partial charge in [-0.15, -0.1) is 0 Å². The number of anilines is 1. The van der Waals surface area contributed by atoms with E-state index in [1.165, 1.54) is 36.5 Å². The summed E-state index contributed by atoms with van der Waals surface area (Å²) in [5.41, 5.74) is 0.600. The predicted molar refractivity (Wildman–Crippen MR) is 79.4 cm³/mol. The molecule has 1 aromatic carbocycles. The Hall–Kier alpha value is -1.80. The minimum absolute atomic E-state index is 0.0787. The maximum absolute atomic E-state index is 13.1. The fraction of sp³-hybridized carbons (Fsp3) is 0.0769. The number of sulfone groups is 1. The van der Waals surface area contributed by atoms with Gasteiger partial charge in [0.2, 0.25) is 0 Å². The van der Waals surface area contributed by atoms with Crippen LogP contribution in [0.3, 0.4) is 0 Å². The molecule has 0 bridgehead atoms. The number of nitrogens with zero attached hydrogens (tertiary/aromatic N) is 1. The van der Waals surface area contributed by atoms with Gasteiger partial charge >= 0.3 is 0 Å². The first-order valence-corrected chi connectivity index (χ1v) is 8.38. The van der Waals surface area contributed by atoms with Crippen molar-refractivity contribution in [3.63, 3.8) is 0 Å². The summed E-state index contributed by atoms with van der Waals surface area (Å²) < 4.78 is 35.8. The second-order valence-corrected chi connectivity index (χ2v) is 7.06. The van der Waals surface area contributed by atoms with Gasteiger partial charge in [0.15, 0.2) is 14.9 Å². The first-order chi connectivity index (χ1) is 9.77. The van der Waals surface area contributed by atoms with E-state index >= 15 is 0 Å². The van der Waals surface area contributed by atoms with Crippen LogP contribution in [0.15, 0.2) is 46.0 Å². The molecule has 0 radical (unpaired) electrons. The number of carbonyl (C=O) groups excluding carboxylic acids is 1. The number of hydrogen-bond acceptors (Lipinski definition) is 4. The zero-order valence-electron chi connectivity index (χ0n) is 10.8. The van der Waals surface area contributed by atoms with Crippen LogP contribution in [0.25, 0.3) is 0 Å². The van der Waals surface area contributed by atoms with Gasteiger partial charge in [0, 0.05) is 11.8 Å². The minimum atomic E-state index is -3.38. The van der Waals surface area contributed by atoms with Gasteiger partial charge in [-0.2, -0.15) is 0 Å². The van der Waals surface area contributed by atoms with Crippen molar-refractivity contribution >= 4 is 37.4 Å². The normalized spacial score (nSPS) is 11.2. The van der Waals surface area contributed by atoms with Crippen LogP contribution >= 0.6 is 15.9 Å². The van der Waals surface area contributed by atoms with Crippen molar-refractivity contribution < 1.29 is 17.6 Å². The maximum Gasteiger partial charge on any atom is 0.255 e. The molecule has 0 aliphatic carbocycles. The van der Waals surface area contributed by atoms with Gasteiger partial charge in [0.1, 0.15) is 5.82 Å². The summed E-state index contributed by atoms with van der Waals surface area (Å²) in [7, 11) is -3.38. The number of hydrogen-bond donors (Lipinski definition) is 1. The Morgan fingerprint density at radius 3 is 2.52 bits per heavy atom. The molecule has 1 amide bonds. The highest BCUT2D eigenvalue weighted by Crippen LogP contribution is 2.18. The number of nitrogens with one attached hydrogen (secondary N) is 1. The number of benzene rings is 1. The monoisotopic (exact) mass is 372 g/mol. The molecule has 0 saturated carbocycles. The van der Waals surface area contributed by atoms with Crippen LogP contribution in [-0.2, 0) is 9.84 Å². The molecule has 110 valence electrons. The molecule has 5 nitrogen and oxygen atoms in total. The maximum atomic E-state index is 13.1. The molecule has 0 saturated heterocycles. The van der Waals surface area contributed by atoms with Crippen molar-refractivity contribution in [1.29, 1.82) is 0 Å². The lowest BCUT2D eigenvalue weighted by molar-refractivity contribution is 0.102. The summed E-state index contributed by atoms with van der Waals surface area (Å²) in [5.74, 6) is -0.921. The fourth-order valence-electron chi connectivity index (χ4n) is 1.51. The lowest BCUT2D eigenvalue weighted by atomic mass is 10.2. The fourth-order valence-corrected chi connectivity index (χ4v) is 2.45. The zero-order chi connectivity index (χ0) is 15.6. The van der Waals surface area contributed by atoms with Gasteiger partial charge in [0.25, 0.3) is 5.91 Å². The van der Waals surface area contributed by atoms with E-state index in [0.29, 0.717) is 5.69 Å². The quantitative estimate of drug-likeness (QED) is 0.898. The summed E-state index contributed by atoms with van der Waals surface area (Å²) in [5, 5.41) is 2.47. The Labute approximate surface area is 129 Å². The van der Waals surface area contributed by atoms with Gasteiger partial charge in [-0.1, -0.05) is 0 Å². The Kier molecular flexibility index (Phi) is 4.38. The smallest absolute Gasteiger partial charge is 0.255 e. The molecule has 21 heavy (non-hydrogen) atoms. The summed E-state index contributed by atoms with van der Waals surface area (Å²) in [6, 6.07) is 6.59. The van der Waals surface area contributed by atoms with E-state index in [1.54, 1.807) is 0 Å². The molecular formula is C13H10BrFN2O3S. The van der Waals surface area contributed by atoms with E-state index in [1.807, 2.05) is 0 Å². The topological polar surface area (TPSA) is 76.1 Å². The third kappa shape index (κ3) is 3.85. The molecule has 1 N–H and O–H groups in total. The number of aromatic nitrogens is 1. The number of carbonyl (C=O) groups is 1. The first-order valence-electron chi connectivity index (χ1n) is 5.70. The van der Waals surface area contributed by atoms with E-state index in [9.17, 15) is 17.6 Å². The second kappa shape index (κ2) is 5.90. The van der Waals surface area contributed by atoms with E-state index in [4.69, 9.17) is 0 Å². The van der Waals surface area contributed by atoms with Crippen LogP contribution in [0, 0.1) is 5.82 Å². The van der Waals surface area contributed by atoms with E-state index in [-0.39, 0.29) is 15.1 Å². The van der Waals surface area contributed by atoms with E-state index < -0.39 is 21.6 Å². The second-order valence-electron chi connectivity index (χ2n) is 4.24. The van der Waals surface area contributed by atoms with Crippen molar-refractivity contribution in [3.8, 4) is 0 Å². The van der Waals surface area contributed by atoms with Crippen LogP contribution < -0.4 is 5.32 Å². The van der Waals surface area contributed by atoms with Gasteiger partial charge in [0.05, 0.1) is 16.4 Å². The molecule has 2 rings (SSSR count). The molecule has 0 spiro atoms. The highest BCUT2D eigenvalue weighted by Gasteiger charge is 2.11. The van der Waals surface area contributed by atoms with E-state index in [2.05, 4.69) is 26.2 Å². The molecule has 0 aliphatic heterocycles.